The molecule has 2 N–H and O–H groups in total. The predicted molar refractivity (Wildman–Crippen MR) is 61.9 cm³/mol. The first-order valence-electron chi connectivity index (χ1n) is 5.14. The van der Waals surface area contributed by atoms with Gasteiger partial charge in [-0.1, -0.05) is 17.7 Å². The molecule has 1 aromatic carbocycles. The molecule has 17 heavy (non-hydrogen) atoms. The number of carboxylic acid groups (broad SMARTS) is 1. The van der Waals surface area contributed by atoms with E-state index in [1.165, 1.54) is 7.11 Å². The van der Waals surface area contributed by atoms with Crippen molar-refractivity contribution < 1.29 is 19.4 Å². The predicted octanol–water partition coefficient (Wildman–Crippen LogP) is 0.824. The molecule has 1 atom stereocenters. The second-order valence-corrected chi connectivity index (χ2v) is 3.69. The van der Waals surface area contributed by atoms with E-state index in [4.69, 9.17) is 9.84 Å². The lowest BCUT2D eigenvalue weighted by atomic mass is 10.1. The number of carbonyl (C=O) groups is 2. The van der Waals surface area contributed by atoms with E-state index < -0.39 is 17.9 Å². The highest BCUT2D eigenvalue weighted by molar-refractivity contribution is 5.96. The number of ether oxygens (including phenoxy) is 1. The number of rotatable bonds is 5. The van der Waals surface area contributed by atoms with Crippen molar-refractivity contribution in [3.05, 3.63) is 35.4 Å². The molecule has 1 amide bonds. The van der Waals surface area contributed by atoms with Crippen molar-refractivity contribution >= 4 is 11.9 Å². The van der Waals surface area contributed by atoms with Crippen LogP contribution in [0.2, 0.25) is 0 Å². The molecular formula is C12H15NO4. The second-order valence-electron chi connectivity index (χ2n) is 3.69. The normalized spacial score (nSPS) is 11.9. The Labute approximate surface area is 99.4 Å². The molecule has 0 bridgehead atoms. The summed E-state index contributed by atoms with van der Waals surface area (Å²) >= 11 is 0. The Morgan fingerprint density at radius 2 is 1.94 bits per heavy atom. The van der Waals surface area contributed by atoms with Crippen LogP contribution >= 0.6 is 0 Å². The van der Waals surface area contributed by atoms with Gasteiger partial charge in [-0.2, -0.15) is 0 Å². The van der Waals surface area contributed by atoms with Crippen molar-refractivity contribution in [1.82, 2.24) is 5.32 Å². The number of aliphatic carboxylic acids is 1. The van der Waals surface area contributed by atoms with E-state index in [0.717, 1.165) is 5.56 Å². The number of benzene rings is 1. The lowest BCUT2D eigenvalue weighted by molar-refractivity contribution is -0.140. The quantitative estimate of drug-likeness (QED) is 0.795. The molecule has 1 aromatic rings. The van der Waals surface area contributed by atoms with Crippen LogP contribution in [0.1, 0.15) is 15.9 Å². The van der Waals surface area contributed by atoms with Gasteiger partial charge in [-0.25, -0.2) is 4.79 Å². The number of nitrogens with one attached hydrogen (secondary N) is 1. The average Bonchev–Trinajstić information content (AvgIpc) is 2.29. The molecule has 0 saturated heterocycles. The van der Waals surface area contributed by atoms with E-state index >= 15 is 0 Å². The van der Waals surface area contributed by atoms with Gasteiger partial charge in [0.15, 0.2) is 6.04 Å². The van der Waals surface area contributed by atoms with E-state index in [2.05, 4.69) is 5.32 Å². The largest absolute Gasteiger partial charge is 0.480 e. The van der Waals surface area contributed by atoms with Crippen molar-refractivity contribution in [2.24, 2.45) is 0 Å². The summed E-state index contributed by atoms with van der Waals surface area (Å²) in [6.45, 7) is 1.85. The summed E-state index contributed by atoms with van der Waals surface area (Å²) in [4.78, 5) is 22.5. The Morgan fingerprint density at radius 1 is 1.35 bits per heavy atom. The Balaban J connectivity index is 2.70. The summed E-state index contributed by atoms with van der Waals surface area (Å²) in [5.41, 5.74) is 1.46. The molecule has 0 aliphatic carbocycles. The lowest BCUT2D eigenvalue weighted by Crippen LogP contribution is -2.43. The fourth-order valence-electron chi connectivity index (χ4n) is 1.29. The number of hydrogen-bond acceptors (Lipinski definition) is 3. The molecule has 0 aromatic heterocycles. The van der Waals surface area contributed by atoms with Gasteiger partial charge in [-0.3, -0.25) is 4.79 Å². The maximum absolute atomic E-state index is 11.7. The van der Waals surface area contributed by atoms with Crippen molar-refractivity contribution in [3.8, 4) is 0 Å². The topological polar surface area (TPSA) is 75.6 Å². The monoisotopic (exact) mass is 237 g/mol. The number of amides is 1. The lowest BCUT2D eigenvalue weighted by Gasteiger charge is -2.13. The van der Waals surface area contributed by atoms with Crippen LogP contribution in [-0.4, -0.2) is 36.7 Å². The molecule has 0 aliphatic heterocycles. The fourth-order valence-corrected chi connectivity index (χ4v) is 1.29. The van der Waals surface area contributed by atoms with Gasteiger partial charge in [0.25, 0.3) is 5.91 Å². The molecule has 0 saturated carbocycles. The highest BCUT2D eigenvalue weighted by Gasteiger charge is 2.20. The summed E-state index contributed by atoms with van der Waals surface area (Å²) in [5.74, 6) is -1.54. The molecule has 0 aliphatic rings. The zero-order chi connectivity index (χ0) is 12.8. The Bertz CT molecular complexity index is 399. The third-order valence-electron chi connectivity index (χ3n) is 2.25. The first-order chi connectivity index (χ1) is 8.04. The van der Waals surface area contributed by atoms with Gasteiger partial charge in [-0.15, -0.1) is 0 Å². The number of hydrogen-bond donors (Lipinski definition) is 2. The molecule has 5 nitrogen and oxygen atoms in total. The van der Waals surface area contributed by atoms with Crippen LogP contribution in [0.4, 0.5) is 0 Å². The Hall–Kier alpha value is -1.88. The molecule has 0 fully saturated rings. The third kappa shape index (κ3) is 3.88. The summed E-state index contributed by atoms with van der Waals surface area (Å²) in [5, 5.41) is 11.2. The maximum atomic E-state index is 11.7. The standard InChI is InChI=1S/C12H15NO4/c1-8-3-5-9(6-4-8)11(14)13-10(7-17-2)12(15)16/h3-6,10H,7H2,1-2H3,(H,13,14)(H,15,16). The van der Waals surface area contributed by atoms with Gasteiger partial charge in [-0.05, 0) is 19.1 Å². The molecule has 5 heteroatoms. The van der Waals surface area contributed by atoms with E-state index in [-0.39, 0.29) is 6.61 Å². The Kier molecular flexibility index (Phi) is 4.66. The number of carboxylic acids is 1. The van der Waals surface area contributed by atoms with Crippen LogP contribution in [0.25, 0.3) is 0 Å². The molecular weight excluding hydrogens is 222 g/mol. The zero-order valence-corrected chi connectivity index (χ0v) is 9.77. The van der Waals surface area contributed by atoms with Crippen LogP contribution in [0.3, 0.4) is 0 Å². The van der Waals surface area contributed by atoms with Gasteiger partial charge in [0, 0.05) is 12.7 Å². The second kappa shape index (κ2) is 6.00. The van der Waals surface area contributed by atoms with Crippen LogP contribution in [0.15, 0.2) is 24.3 Å². The van der Waals surface area contributed by atoms with Crippen molar-refractivity contribution in [1.29, 1.82) is 0 Å². The minimum Gasteiger partial charge on any atom is -0.480 e. The summed E-state index contributed by atoms with van der Waals surface area (Å²) in [7, 11) is 1.38. The molecule has 0 spiro atoms. The van der Waals surface area contributed by atoms with Gasteiger partial charge in [0.05, 0.1) is 6.61 Å². The molecule has 1 unspecified atom stereocenters. The summed E-state index contributed by atoms with van der Waals surface area (Å²) < 4.78 is 4.73. The van der Waals surface area contributed by atoms with Crippen molar-refractivity contribution in [3.63, 3.8) is 0 Å². The van der Waals surface area contributed by atoms with Crippen molar-refractivity contribution in [2.45, 2.75) is 13.0 Å². The highest BCUT2D eigenvalue weighted by Crippen LogP contribution is 2.03. The minimum absolute atomic E-state index is 0.0626. The fraction of sp³-hybridized carbons (Fsp3) is 0.333. The average molecular weight is 237 g/mol. The van der Waals surface area contributed by atoms with E-state index in [1.54, 1.807) is 24.3 Å². The maximum Gasteiger partial charge on any atom is 0.328 e. The van der Waals surface area contributed by atoms with Gasteiger partial charge in [0.2, 0.25) is 0 Å². The summed E-state index contributed by atoms with van der Waals surface area (Å²) in [6, 6.07) is 5.85. The molecule has 1 rings (SSSR count). The molecule has 0 radical (unpaired) electrons. The highest BCUT2D eigenvalue weighted by atomic mass is 16.5. The minimum atomic E-state index is -1.12. The third-order valence-corrected chi connectivity index (χ3v) is 2.25. The molecule has 92 valence electrons. The van der Waals surface area contributed by atoms with E-state index in [9.17, 15) is 9.59 Å². The first kappa shape index (κ1) is 13.2. The summed E-state index contributed by atoms with van der Waals surface area (Å²) in [6.07, 6.45) is 0. The number of carbonyl (C=O) groups excluding carboxylic acids is 1. The van der Waals surface area contributed by atoms with Crippen molar-refractivity contribution in [2.75, 3.05) is 13.7 Å². The van der Waals surface area contributed by atoms with Gasteiger partial charge < -0.3 is 15.2 Å². The Morgan fingerprint density at radius 3 is 2.41 bits per heavy atom. The smallest absolute Gasteiger partial charge is 0.328 e. The zero-order valence-electron chi connectivity index (χ0n) is 9.77. The van der Waals surface area contributed by atoms with E-state index in [0.29, 0.717) is 5.56 Å². The van der Waals surface area contributed by atoms with Gasteiger partial charge >= 0.3 is 5.97 Å². The van der Waals surface area contributed by atoms with Crippen LogP contribution < -0.4 is 5.32 Å². The SMILES string of the molecule is COCC(NC(=O)c1ccc(C)cc1)C(=O)O. The number of aryl methyl sites for hydroxylation is 1. The number of methoxy groups -OCH3 is 1. The van der Waals surface area contributed by atoms with Crippen LogP contribution in [0, 0.1) is 6.92 Å². The van der Waals surface area contributed by atoms with Crippen LogP contribution in [0.5, 0.6) is 0 Å². The van der Waals surface area contributed by atoms with E-state index in [1.807, 2.05) is 6.92 Å². The molecule has 0 heterocycles. The van der Waals surface area contributed by atoms with Crippen LogP contribution in [-0.2, 0) is 9.53 Å². The first-order valence-corrected chi connectivity index (χ1v) is 5.14. The van der Waals surface area contributed by atoms with Gasteiger partial charge in [0.1, 0.15) is 0 Å².